The molecule has 1 heterocycles. The molecule has 0 aliphatic heterocycles. The van der Waals surface area contributed by atoms with Crippen LogP contribution in [0.2, 0.25) is 5.02 Å². The van der Waals surface area contributed by atoms with Gasteiger partial charge in [-0.25, -0.2) is 18.6 Å². The van der Waals surface area contributed by atoms with Crippen LogP contribution < -0.4 is 9.47 Å². The second-order valence-electron chi connectivity index (χ2n) is 7.61. The lowest BCUT2D eigenvalue weighted by atomic mass is 10.1. The minimum absolute atomic E-state index is 0.0497. The van der Waals surface area contributed by atoms with E-state index in [0.29, 0.717) is 36.3 Å². The number of benzene rings is 2. The van der Waals surface area contributed by atoms with Crippen LogP contribution in [0.15, 0.2) is 42.5 Å². The largest absolute Gasteiger partial charge is 0.490 e. The number of hydrogen-bond acceptors (Lipinski definition) is 7. The number of halogens is 3. The van der Waals surface area contributed by atoms with Gasteiger partial charge in [0.05, 0.1) is 24.4 Å². The van der Waals surface area contributed by atoms with Crippen LogP contribution in [0.5, 0.6) is 11.6 Å². The average Bonchev–Trinajstić information content (AvgIpc) is 3.61. The molecular formula is C24H21ClF2N2O5. The molecule has 0 spiro atoms. The molecule has 0 radical (unpaired) electrons. The second-order valence-corrected chi connectivity index (χ2v) is 8.02. The van der Waals surface area contributed by atoms with Gasteiger partial charge in [0, 0.05) is 43.2 Å². The fourth-order valence-corrected chi connectivity index (χ4v) is 3.41. The van der Waals surface area contributed by atoms with E-state index in [1.807, 2.05) is 0 Å². The highest BCUT2D eigenvalue weighted by atomic mass is 35.5. The highest BCUT2D eigenvalue weighted by Crippen LogP contribution is 2.42. The quantitative estimate of drug-likeness (QED) is 0.313. The molecule has 0 N–H and O–H groups in total. The maximum absolute atomic E-state index is 14.1. The van der Waals surface area contributed by atoms with Crippen molar-refractivity contribution in [3.63, 3.8) is 0 Å². The van der Waals surface area contributed by atoms with E-state index in [-0.39, 0.29) is 29.1 Å². The zero-order valence-corrected chi connectivity index (χ0v) is 19.2. The number of aromatic nitrogens is 2. The van der Waals surface area contributed by atoms with E-state index in [1.54, 1.807) is 6.07 Å². The fourth-order valence-electron chi connectivity index (χ4n) is 3.29. The van der Waals surface area contributed by atoms with E-state index >= 15 is 0 Å². The number of hydrogen-bond donors (Lipinski definition) is 0. The normalized spacial score (nSPS) is 13.9. The fraction of sp³-hybridized carbons (Fsp3) is 0.292. The Bertz CT molecular complexity index is 1220. The summed E-state index contributed by atoms with van der Waals surface area (Å²) in [5.41, 5.74) is -0.0315. The van der Waals surface area contributed by atoms with Crippen molar-refractivity contribution in [1.82, 2.24) is 9.97 Å². The Kier molecular flexibility index (Phi) is 6.95. The summed E-state index contributed by atoms with van der Waals surface area (Å²) in [5, 5.41) is -0.0497. The molecule has 10 heteroatoms. The van der Waals surface area contributed by atoms with Crippen molar-refractivity contribution in [3.05, 3.63) is 59.1 Å². The summed E-state index contributed by atoms with van der Waals surface area (Å²) in [6.07, 6.45) is 0.928. The zero-order valence-electron chi connectivity index (χ0n) is 18.4. The molecule has 0 amide bonds. The van der Waals surface area contributed by atoms with E-state index in [9.17, 15) is 13.6 Å². The molecule has 3 aromatic rings. The SMILES string of the molecule is COCCOc1cc(F)ccc1-c1cc(OC2(C(=O)OC)CC2)nc(-c2ccc(Cl)c(F)c2)n1. The molecule has 0 saturated heterocycles. The molecule has 7 nitrogen and oxygen atoms in total. The second kappa shape index (κ2) is 9.90. The molecule has 4 rings (SSSR count). The highest BCUT2D eigenvalue weighted by molar-refractivity contribution is 6.30. The smallest absolute Gasteiger partial charge is 0.350 e. The van der Waals surface area contributed by atoms with E-state index in [0.717, 1.165) is 0 Å². The van der Waals surface area contributed by atoms with Crippen molar-refractivity contribution < 1.29 is 32.5 Å². The Morgan fingerprint density at radius 3 is 2.53 bits per heavy atom. The molecule has 0 bridgehead atoms. The van der Waals surface area contributed by atoms with Gasteiger partial charge in [-0.15, -0.1) is 0 Å². The molecule has 178 valence electrons. The predicted octanol–water partition coefficient (Wildman–Crippen LogP) is 4.85. The molecule has 1 aromatic heterocycles. The predicted molar refractivity (Wildman–Crippen MR) is 120 cm³/mol. The molecule has 1 aliphatic carbocycles. The molecule has 0 atom stereocenters. The first kappa shape index (κ1) is 23.8. The van der Waals surface area contributed by atoms with E-state index in [4.69, 9.17) is 30.5 Å². The standard InChI is InChI=1S/C24H21ClF2N2O5/c1-31-9-10-33-20-12-15(26)4-5-16(20)19-13-21(34-24(7-8-24)23(30)32-2)29-22(28-19)14-3-6-17(25)18(27)11-14/h3-6,11-13H,7-10H2,1-2H3. The molecule has 34 heavy (non-hydrogen) atoms. The number of nitrogens with zero attached hydrogens (tertiary/aromatic N) is 2. The summed E-state index contributed by atoms with van der Waals surface area (Å²) in [4.78, 5) is 21.1. The Labute approximate surface area is 199 Å². The third kappa shape index (κ3) is 5.10. The van der Waals surface area contributed by atoms with E-state index in [2.05, 4.69) is 9.97 Å². The van der Waals surface area contributed by atoms with Crippen LogP contribution in [0.25, 0.3) is 22.6 Å². The Hall–Kier alpha value is -3.30. The average molecular weight is 491 g/mol. The molecular weight excluding hydrogens is 470 g/mol. The Morgan fingerprint density at radius 2 is 1.85 bits per heavy atom. The van der Waals surface area contributed by atoms with Gasteiger partial charge in [0.1, 0.15) is 24.0 Å². The van der Waals surface area contributed by atoms with Gasteiger partial charge >= 0.3 is 5.97 Å². The zero-order chi connectivity index (χ0) is 24.3. The molecule has 1 saturated carbocycles. The summed E-state index contributed by atoms with van der Waals surface area (Å²) in [7, 11) is 2.80. The Morgan fingerprint density at radius 1 is 1.06 bits per heavy atom. The van der Waals surface area contributed by atoms with Gasteiger partial charge in [-0.05, 0) is 30.3 Å². The van der Waals surface area contributed by atoms with Crippen LogP contribution in [-0.4, -0.2) is 49.0 Å². The summed E-state index contributed by atoms with van der Waals surface area (Å²) in [5.74, 6) is -1.24. The maximum Gasteiger partial charge on any atom is 0.350 e. The van der Waals surface area contributed by atoms with E-state index < -0.39 is 23.2 Å². The van der Waals surface area contributed by atoms with Crippen molar-refractivity contribution in [2.24, 2.45) is 0 Å². The first-order chi connectivity index (χ1) is 16.3. The first-order valence-electron chi connectivity index (χ1n) is 10.4. The van der Waals surface area contributed by atoms with Gasteiger partial charge in [0.15, 0.2) is 5.82 Å². The highest BCUT2D eigenvalue weighted by Gasteiger charge is 2.54. The molecule has 2 aromatic carbocycles. The van der Waals surface area contributed by atoms with Crippen molar-refractivity contribution in [2.45, 2.75) is 18.4 Å². The van der Waals surface area contributed by atoms with Crippen molar-refractivity contribution in [1.29, 1.82) is 0 Å². The number of carbonyl (C=O) groups is 1. The summed E-state index contributed by atoms with van der Waals surface area (Å²) in [6, 6.07) is 9.64. The number of methoxy groups -OCH3 is 2. The topological polar surface area (TPSA) is 79.8 Å². The van der Waals surface area contributed by atoms with Crippen LogP contribution in [-0.2, 0) is 14.3 Å². The van der Waals surface area contributed by atoms with Gasteiger partial charge in [0.25, 0.3) is 0 Å². The summed E-state index contributed by atoms with van der Waals surface area (Å²) >= 11 is 5.81. The first-order valence-corrected chi connectivity index (χ1v) is 10.8. The van der Waals surface area contributed by atoms with Gasteiger partial charge in [-0.3, -0.25) is 0 Å². The molecule has 1 fully saturated rings. The number of esters is 1. The lowest BCUT2D eigenvalue weighted by molar-refractivity contribution is -0.151. The third-order valence-corrected chi connectivity index (χ3v) is 5.51. The lowest BCUT2D eigenvalue weighted by Gasteiger charge is -2.17. The van der Waals surface area contributed by atoms with Crippen molar-refractivity contribution in [3.8, 4) is 34.3 Å². The molecule has 0 unspecified atom stereocenters. The van der Waals surface area contributed by atoms with Gasteiger partial charge in [0.2, 0.25) is 11.5 Å². The van der Waals surface area contributed by atoms with Crippen molar-refractivity contribution >= 4 is 17.6 Å². The Balaban J connectivity index is 1.81. The van der Waals surface area contributed by atoms with E-state index in [1.165, 1.54) is 50.6 Å². The number of rotatable bonds is 9. The van der Waals surface area contributed by atoms with Crippen LogP contribution >= 0.6 is 11.6 Å². The monoisotopic (exact) mass is 490 g/mol. The third-order valence-electron chi connectivity index (χ3n) is 5.21. The minimum atomic E-state index is -1.14. The maximum atomic E-state index is 14.1. The van der Waals surface area contributed by atoms with Crippen LogP contribution in [0.1, 0.15) is 12.8 Å². The summed E-state index contributed by atoms with van der Waals surface area (Å²) < 4.78 is 49.6. The summed E-state index contributed by atoms with van der Waals surface area (Å²) in [6.45, 7) is 0.479. The van der Waals surface area contributed by atoms with Crippen LogP contribution in [0.3, 0.4) is 0 Å². The molecule has 1 aliphatic rings. The van der Waals surface area contributed by atoms with Crippen LogP contribution in [0, 0.1) is 11.6 Å². The number of ether oxygens (including phenoxy) is 4. The number of carbonyl (C=O) groups excluding carboxylic acids is 1. The lowest BCUT2D eigenvalue weighted by Crippen LogP contribution is -2.31. The van der Waals surface area contributed by atoms with Gasteiger partial charge in [-0.1, -0.05) is 11.6 Å². The van der Waals surface area contributed by atoms with Crippen LogP contribution in [0.4, 0.5) is 8.78 Å². The minimum Gasteiger partial charge on any atom is -0.490 e. The van der Waals surface area contributed by atoms with Crippen molar-refractivity contribution in [2.75, 3.05) is 27.4 Å². The van der Waals surface area contributed by atoms with Gasteiger partial charge in [-0.2, -0.15) is 4.98 Å². The van der Waals surface area contributed by atoms with Gasteiger partial charge < -0.3 is 18.9 Å².